The number of hydrogen-bond donors (Lipinski definition) is 0. The molecule has 1 aromatic heterocycles. The highest BCUT2D eigenvalue weighted by Crippen LogP contribution is 2.43. The Morgan fingerprint density at radius 3 is 2.00 bits per heavy atom. The van der Waals surface area contributed by atoms with Crippen LogP contribution in [0.1, 0.15) is 58.2 Å². The van der Waals surface area contributed by atoms with Crippen LogP contribution in [0.3, 0.4) is 0 Å². The molecule has 0 saturated heterocycles. The van der Waals surface area contributed by atoms with Crippen molar-refractivity contribution in [2.24, 2.45) is 11.3 Å². The number of ether oxygens (including phenoxy) is 1. The first kappa shape index (κ1) is 23.7. The van der Waals surface area contributed by atoms with E-state index in [-0.39, 0.29) is 0 Å². The molecule has 4 aromatic rings. The average molecular weight is 485 g/mol. The Hall–Kier alpha value is -3.04. The van der Waals surface area contributed by atoms with Crippen molar-refractivity contribution in [1.82, 2.24) is 9.55 Å². The summed E-state index contributed by atoms with van der Waals surface area (Å²) in [6, 6.07) is 26.2. The average Bonchev–Trinajstić information content (AvgIpc) is 3.32. The molecule has 4 heteroatoms. The number of imidazole rings is 1. The molecule has 0 aliphatic heterocycles. The molecule has 0 N–H and O–H groups in total. The number of benzene rings is 3. The van der Waals surface area contributed by atoms with E-state index in [0.717, 1.165) is 34.4 Å². The Bertz CT molecular complexity index is 1250. The Morgan fingerprint density at radius 1 is 0.800 bits per heavy atom. The van der Waals surface area contributed by atoms with E-state index in [9.17, 15) is 0 Å². The summed E-state index contributed by atoms with van der Waals surface area (Å²) in [4.78, 5) is 5.19. The van der Waals surface area contributed by atoms with Crippen LogP contribution < -0.4 is 4.74 Å². The second kappa shape index (κ2) is 9.91. The van der Waals surface area contributed by atoms with E-state index in [2.05, 4.69) is 74.0 Å². The summed E-state index contributed by atoms with van der Waals surface area (Å²) >= 11 is 5.99. The first-order chi connectivity index (χ1) is 16.9. The maximum Gasteiger partial charge on any atom is 0.127 e. The molecule has 180 valence electrons. The predicted molar refractivity (Wildman–Crippen MR) is 145 cm³/mol. The van der Waals surface area contributed by atoms with E-state index in [1.807, 2.05) is 36.4 Å². The van der Waals surface area contributed by atoms with Gasteiger partial charge in [-0.3, -0.25) is 0 Å². The van der Waals surface area contributed by atoms with Gasteiger partial charge in [0, 0.05) is 28.4 Å². The summed E-state index contributed by atoms with van der Waals surface area (Å²) in [5, 5.41) is 0.700. The second-order valence-electron chi connectivity index (χ2n) is 10.7. The fourth-order valence-electron chi connectivity index (χ4n) is 5.17. The van der Waals surface area contributed by atoms with Crippen LogP contribution in [-0.2, 0) is 0 Å². The maximum absolute atomic E-state index is 6.01. The van der Waals surface area contributed by atoms with Crippen LogP contribution in [0.25, 0.3) is 16.9 Å². The van der Waals surface area contributed by atoms with Gasteiger partial charge >= 0.3 is 0 Å². The molecule has 1 saturated carbocycles. The lowest BCUT2D eigenvalue weighted by molar-refractivity contribution is 0.167. The van der Waals surface area contributed by atoms with Gasteiger partial charge in [-0.2, -0.15) is 0 Å². The van der Waals surface area contributed by atoms with Crippen molar-refractivity contribution in [3.05, 3.63) is 95.9 Å². The third kappa shape index (κ3) is 5.46. The highest BCUT2D eigenvalue weighted by Gasteiger charge is 2.32. The van der Waals surface area contributed by atoms with Crippen molar-refractivity contribution >= 4 is 11.6 Å². The van der Waals surface area contributed by atoms with E-state index in [4.69, 9.17) is 21.3 Å². The zero-order valence-electron chi connectivity index (χ0n) is 20.7. The molecule has 0 radical (unpaired) electrons. The highest BCUT2D eigenvalue weighted by atomic mass is 35.5. The van der Waals surface area contributed by atoms with Gasteiger partial charge in [0.25, 0.3) is 0 Å². The molecule has 1 fully saturated rings. The minimum atomic E-state index is 0.371. The van der Waals surface area contributed by atoms with Crippen molar-refractivity contribution in [2.75, 3.05) is 0 Å². The van der Waals surface area contributed by atoms with Crippen LogP contribution in [0.15, 0.2) is 85.1 Å². The first-order valence-corrected chi connectivity index (χ1v) is 12.9. The quantitative estimate of drug-likeness (QED) is 0.282. The van der Waals surface area contributed by atoms with Crippen molar-refractivity contribution in [3.63, 3.8) is 0 Å². The third-order valence-corrected chi connectivity index (χ3v) is 7.54. The molecular formula is C31H33ClN2O. The van der Waals surface area contributed by atoms with Gasteiger partial charge in [-0.25, -0.2) is 4.98 Å². The summed E-state index contributed by atoms with van der Waals surface area (Å²) in [5.41, 5.74) is 3.66. The minimum Gasteiger partial charge on any atom is -0.457 e. The Labute approximate surface area is 213 Å². The first-order valence-electron chi connectivity index (χ1n) is 12.6. The summed E-state index contributed by atoms with van der Waals surface area (Å²) in [6.07, 6.45) is 7.08. The molecular weight excluding hydrogens is 452 g/mol. The predicted octanol–water partition coefficient (Wildman–Crippen LogP) is 9.30. The largest absolute Gasteiger partial charge is 0.457 e. The van der Waals surface area contributed by atoms with Crippen LogP contribution in [-0.4, -0.2) is 9.55 Å². The molecule has 1 aliphatic rings. The van der Waals surface area contributed by atoms with Gasteiger partial charge in [-0.15, -0.1) is 0 Å². The molecule has 0 unspecified atom stereocenters. The Morgan fingerprint density at radius 2 is 1.40 bits per heavy atom. The van der Waals surface area contributed by atoms with Crippen LogP contribution in [0.2, 0.25) is 5.02 Å². The van der Waals surface area contributed by atoms with Crippen LogP contribution in [0.5, 0.6) is 11.5 Å². The molecule has 5 rings (SSSR count). The lowest BCUT2D eigenvalue weighted by atomic mass is 9.69. The number of halogens is 1. The minimum absolute atomic E-state index is 0.371. The number of aromatic nitrogens is 2. The van der Waals surface area contributed by atoms with Gasteiger partial charge in [0.1, 0.15) is 17.3 Å². The lowest BCUT2D eigenvalue weighted by Gasteiger charge is -2.36. The Kier molecular flexibility index (Phi) is 6.71. The smallest absolute Gasteiger partial charge is 0.127 e. The summed E-state index contributed by atoms with van der Waals surface area (Å²) in [5.74, 6) is 3.98. The van der Waals surface area contributed by atoms with E-state index in [1.54, 1.807) is 0 Å². The SMILES string of the molecule is CC(C)(C)C1CCC(c2nc(-c3ccccc3)cn2-c2ccc(Oc3ccc(Cl)cc3)cc2)CC1. The van der Waals surface area contributed by atoms with Crippen molar-refractivity contribution in [1.29, 1.82) is 0 Å². The summed E-state index contributed by atoms with van der Waals surface area (Å²) < 4.78 is 8.29. The number of rotatable bonds is 5. The fourth-order valence-corrected chi connectivity index (χ4v) is 5.29. The van der Waals surface area contributed by atoms with E-state index >= 15 is 0 Å². The van der Waals surface area contributed by atoms with Gasteiger partial charge in [0.05, 0.1) is 5.69 Å². The Balaban J connectivity index is 1.43. The van der Waals surface area contributed by atoms with Crippen molar-refractivity contribution in [2.45, 2.75) is 52.4 Å². The van der Waals surface area contributed by atoms with Crippen LogP contribution >= 0.6 is 11.6 Å². The summed E-state index contributed by atoms with van der Waals surface area (Å²) in [7, 11) is 0. The number of nitrogens with zero attached hydrogens (tertiary/aromatic N) is 2. The standard InChI is InChI=1S/C31H33ClN2O/c1-31(2,3)24-11-9-23(10-12-24)30-33-29(22-7-5-4-6-8-22)21-34(30)26-15-19-28(20-16-26)35-27-17-13-25(32)14-18-27/h4-8,13-21,23-24H,9-12H2,1-3H3. The zero-order valence-corrected chi connectivity index (χ0v) is 21.5. The topological polar surface area (TPSA) is 27.1 Å². The van der Waals surface area contributed by atoms with Crippen molar-refractivity contribution in [3.8, 4) is 28.4 Å². The molecule has 3 nitrogen and oxygen atoms in total. The van der Waals surface area contributed by atoms with Crippen LogP contribution in [0, 0.1) is 11.3 Å². The zero-order chi connectivity index (χ0) is 24.4. The van der Waals surface area contributed by atoms with E-state index in [0.29, 0.717) is 16.4 Å². The molecule has 3 aromatic carbocycles. The van der Waals surface area contributed by atoms with E-state index in [1.165, 1.54) is 31.5 Å². The normalized spacial score (nSPS) is 18.4. The van der Waals surface area contributed by atoms with Gasteiger partial charge in [0.15, 0.2) is 0 Å². The van der Waals surface area contributed by atoms with Crippen LogP contribution in [0.4, 0.5) is 0 Å². The molecule has 35 heavy (non-hydrogen) atoms. The van der Waals surface area contributed by atoms with Gasteiger partial charge < -0.3 is 9.30 Å². The van der Waals surface area contributed by atoms with Gasteiger partial charge in [0.2, 0.25) is 0 Å². The summed E-state index contributed by atoms with van der Waals surface area (Å²) in [6.45, 7) is 7.13. The number of hydrogen-bond acceptors (Lipinski definition) is 2. The molecule has 0 bridgehead atoms. The van der Waals surface area contributed by atoms with E-state index < -0.39 is 0 Å². The molecule has 0 spiro atoms. The molecule has 1 aliphatic carbocycles. The highest BCUT2D eigenvalue weighted by molar-refractivity contribution is 6.30. The lowest BCUT2D eigenvalue weighted by Crippen LogP contribution is -2.26. The van der Waals surface area contributed by atoms with Gasteiger partial charge in [-0.1, -0.05) is 62.7 Å². The van der Waals surface area contributed by atoms with Crippen molar-refractivity contribution < 1.29 is 4.74 Å². The third-order valence-electron chi connectivity index (χ3n) is 7.28. The maximum atomic E-state index is 6.01. The molecule has 1 heterocycles. The molecule has 0 amide bonds. The molecule has 0 atom stereocenters. The monoisotopic (exact) mass is 484 g/mol. The second-order valence-corrected chi connectivity index (χ2v) is 11.1. The fraction of sp³-hybridized carbons (Fsp3) is 0.323. The van der Waals surface area contributed by atoms with Gasteiger partial charge in [-0.05, 0) is 85.5 Å².